The highest BCUT2D eigenvalue weighted by Gasteiger charge is 2.09. The third-order valence-electron chi connectivity index (χ3n) is 3.74. The number of nitrogens with one attached hydrogen (secondary N) is 1. The topological polar surface area (TPSA) is 21.3 Å². The summed E-state index contributed by atoms with van der Waals surface area (Å²) in [5, 5.41) is 3.61. The minimum atomic E-state index is 0.186. The molecule has 0 aliphatic rings. The van der Waals surface area contributed by atoms with Crippen LogP contribution in [0, 0.1) is 0 Å². The molecule has 0 aliphatic carbocycles. The van der Waals surface area contributed by atoms with Gasteiger partial charge in [-0.3, -0.25) is 0 Å². The molecule has 0 saturated heterocycles. The Morgan fingerprint density at radius 3 is 2.48 bits per heavy atom. The Bertz CT molecular complexity index is 598. The molecule has 0 bridgehead atoms. The summed E-state index contributed by atoms with van der Waals surface area (Å²) in [5.74, 6) is 0.964. The van der Waals surface area contributed by atoms with Crippen LogP contribution in [0.15, 0.2) is 53.0 Å². The van der Waals surface area contributed by atoms with Gasteiger partial charge in [-0.25, -0.2) is 0 Å². The number of hydrogen-bond donors (Lipinski definition) is 1. The Balaban J connectivity index is 1.88. The molecule has 0 fully saturated rings. The standard InChI is InChI=1S/C20H26BrNO/c1-15(2)23-20-12-11-19(21)13-18(20)14-22-16(3)9-10-17-7-5-4-6-8-17/h4-8,11-13,15-16,22H,9-10,14H2,1-3H3. The van der Waals surface area contributed by atoms with Crippen molar-refractivity contribution in [2.45, 2.75) is 52.3 Å². The summed E-state index contributed by atoms with van der Waals surface area (Å²) in [7, 11) is 0. The van der Waals surface area contributed by atoms with Crippen LogP contribution in [0.25, 0.3) is 0 Å². The first kappa shape index (κ1) is 18.0. The molecule has 1 N–H and O–H groups in total. The minimum absolute atomic E-state index is 0.186. The van der Waals surface area contributed by atoms with Crippen LogP contribution in [0.3, 0.4) is 0 Å². The van der Waals surface area contributed by atoms with E-state index in [1.54, 1.807) is 0 Å². The summed E-state index contributed by atoms with van der Waals surface area (Å²) >= 11 is 3.55. The molecule has 2 nitrogen and oxygen atoms in total. The molecule has 124 valence electrons. The van der Waals surface area contributed by atoms with Crippen LogP contribution >= 0.6 is 15.9 Å². The van der Waals surface area contributed by atoms with Crippen LogP contribution in [0.2, 0.25) is 0 Å². The van der Waals surface area contributed by atoms with E-state index in [-0.39, 0.29) is 6.10 Å². The van der Waals surface area contributed by atoms with Gasteiger partial charge in [0.2, 0.25) is 0 Å². The lowest BCUT2D eigenvalue weighted by Gasteiger charge is -2.18. The summed E-state index contributed by atoms with van der Waals surface area (Å²) in [5.41, 5.74) is 2.59. The minimum Gasteiger partial charge on any atom is -0.491 e. The lowest BCUT2D eigenvalue weighted by molar-refractivity contribution is 0.239. The number of hydrogen-bond acceptors (Lipinski definition) is 2. The number of aryl methyl sites for hydroxylation is 1. The van der Waals surface area contributed by atoms with Crippen molar-refractivity contribution in [3.05, 3.63) is 64.1 Å². The predicted octanol–water partition coefficient (Wildman–Crippen LogP) is 5.35. The van der Waals surface area contributed by atoms with E-state index in [1.807, 2.05) is 12.1 Å². The second kappa shape index (κ2) is 9.09. The number of halogens is 1. The zero-order valence-electron chi connectivity index (χ0n) is 14.2. The third kappa shape index (κ3) is 6.36. The summed E-state index contributed by atoms with van der Waals surface area (Å²) in [6.45, 7) is 7.17. The van der Waals surface area contributed by atoms with Crippen LogP contribution in [-0.4, -0.2) is 12.1 Å². The molecular formula is C20H26BrNO. The van der Waals surface area contributed by atoms with Crippen LogP contribution < -0.4 is 10.1 Å². The van der Waals surface area contributed by atoms with Crippen molar-refractivity contribution >= 4 is 15.9 Å². The van der Waals surface area contributed by atoms with Gasteiger partial charge in [0, 0.05) is 22.6 Å². The Kier molecular flexibility index (Phi) is 7.13. The quantitative estimate of drug-likeness (QED) is 0.671. The van der Waals surface area contributed by atoms with E-state index < -0.39 is 0 Å². The van der Waals surface area contributed by atoms with E-state index in [4.69, 9.17) is 4.74 Å². The van der Waals surface area contributed by atoms with Crippen LogP contribution in [-0.2, 0) is 13.0 Å². The normalized spacial score (nSPS) is 12.4. The van der Waals surface area contributed by atoms with Crippen molar-refractivity contribution in [2.24, 2.45) is 0 Å². The molecule has 0 aromatic heterocycles. The van der Waals surface area contributed by atoms with Gasteiger partial charge in [0.25, 0.3) is 0 Å². The van der Waals surface area contributed by atoms with E-state index in [0.717, 1.165) is 29.6 Å². The molecule has 0 spiro atoms. The van der Waals surface area contributed by atoms with Gasteiger partial charge in [0.05, 0.1) is 6.10 Å². The summed E-state index contributed by atoms with van der Waals surface area (Å²) in [6, 6.07) is 17.3. The molecular weight excluding hydrogens is 350 g/mol. The first-order valence-electron chi connectivity index (χ1n) is 8.27. The molecule has 1 unspecified atom stereocenters. The Labute approximate surface area is 148 Å². The van der Waals surface area contributed by atoms with Crippen LogP contribution in [0.5, 0.6) is 5.75 Å². The van der Waals surface area contributed by atoms with Crippen molar-refractivity contribution < 1.29 is 4.74 Å². The molecule has 2 aromatic carbocycles. The van der Waals surface area contributed by atoms with Gasteiger partial charge in [0.15, 0.2) is 0 Å². The average molecular weight is 376 g/mol. The monoisotopic (exact) mass is 375 g/mol. The summed E-state index contributed by atoms with van der Waals surface area (Å²) in [4.78, 5) is 0. The molecule has 0 heterocycles. The van der Waals surface area contributed by atoms with Gasteiger partial charge < -0.3 is 10.1 Å². The van der Waals surface area contributed by atoms with Crippen molar-refractivity contribution in [1.29, 1.82) is 0 Å². The van der Waals surface area contributed by atoms with Crippen molar-refractivity contribution in [2.75, 3.05) is 0 Å². The van der Waals surface area contributed by atoms with Crippen LogP contribution in [0.4, 0.5) is 0 Å². The molecule has 0 aliphatic heterocycles. The maximum Gasteiger partial charge on any atom is 0.124 e. The number of ether oxygens (including phenoxy) is 1. The summed E-state index contributed by atoms with van der Waals surface area (Å²) < 4.78 is 6.99. The molecule has 1 atom stereocenters. The van der Waals surface area contributed by atoms with E-state index in [9.17, 15) is 0 Å². The third-order valence-corrected chi connectivity index (χ3v) is 4.23. The molecule has 2 rings (SSSR count). The highest BCUT2D eigenvalue weighted by molar-refractivity contribution is 9.10. The Morgan fingerprint density at radius 2 is 1.78 bits per heavy atom. The zero-order valence-corrected chi connectivity index (χ0v) is 15.8. The van der Waals surface area contributed by atoms with Gasteiger partial charge in [-0.05, 0) is 57.4 Å². The van der Waals surface area contributed by atoms with Gasteiger partial charge >= 0.3 is 0 Å². The number of rotatable bonds is 8. The first-order chi connectivity index (χ1) is 11.0. The maximum absolute atomic E-state index is 5.90. The van der Waals surface area contributed by atoms with E-state index >= 15 is 0 Å². The molecule has 2 aromatic rings. The van der Waals surface area contributed by atoms with Crippen LogP contribution in [0.1, 0.15) is 38.3 Å². The molecule has 0 radical (unpaired) electrons. The zero-order chi connectivity index (χ0) is 16.7. The fourth-order valence-electron chi connectivity index (χ4n) is 2.47. The molecule has 0 saturated carbocycles. The average Bonchev–Trinajstić information content (AvgIpc) is 2.53. The van der Waals surface area contributed by atoms with Crippen molar-refractivity contribution in [3.63, 3.8) is 0 Å². The largest absolute Gasteiger partial charge is 0.491 e. The van der Waals surface area contributed by atoms with Gasteiger partial charge in [-0.15, -0.1) is 0 Å². The van der Waals surface area contributed by atoms with Gasteiger partial charge in [-0.1, -0.05) is 46.3 Å². The van der Waals surface area contributed by atoms with E-state index in [1.165, 1.54) is 11.1 Å². The fraction of sp³-hybridized carbons (Fsp3) is 0.400. The SMILES string of the molecule is CC(CCc1ccccc1)NCc1cc(Br)ccc1OC(C)C. The summed E-state index contributed by atoms with van der Waals surface area (Å²) in [6.07, 6.45) is 2.41. The van der Waals surface area contributed by atoms with Gasteiger partial charge in [-0.2, -0.15) is 0 Å². The molecule has 0 amide bonds. The lowest BCUT2D eigenvalue weighted by Crippen LogP contribution is -2.26. The molecule has 23 heavy (non-hydrogen) atoms. The van der Waals surface area contributed by atoms with Gasteiger partial charge in [0.1, 0.15) is 5.75 Å². The smallest absolute Gasteiger partial charge is 0.124 e. The lowest BCUT2D eigenvalue weighted by atomic mass is 10.1. The highest BCUT2D eigenvalue weighted by Crippen LogP contribution is 2.24. The van der Waals surface area contributed by atoms with Crippen molar-refractivity contribution in [1.82, 2.24) is 5.32 Å². The Morgan fingerprint density at radius 1 is 1.04 bits per heavy atom. The first-order valence-corrected chi connectivity index (χ1v) is 9.06. The van der Waals surface area contributed by atoms with E-state index in [0.29, 0.717) is 6.04 Å². The van der Waals surface area contributed by atoms with Crippen molar-refractivity contribution in [3.8, 4) is 5.75 Å². The second-order valence-corrected chi connectivity index (χ2v) is 7.14. The fourth-order valence-corrected chi connectivity index (χ4v) is 2.88. The Hall–Kier alpha value is -1.32. The maximum atomic E-state index is 5.90. The predicted molar refractivity (Wildman–Crippen MR) is 101 cm³/mol. The van der Waals surface area contributed by atoms with E-state index in [2.05, 4.69) is 78.4 Å². The second-order valence-electron chi connectivity index (χ2n) is 6.22. The highest BCUT2D eigenvalue weighted by atomic mass is 79.9. The number of benzene rings is 2. The molecule has 3 heteroatoms.